The molecular weight excluding hydrogens is 429 g/mol. The van der Waals surface area contributed by atoms with Crippen molar-refractivity contribution in [1.82, 2.24) is 10.7 Å². The van der Waals surface area contributed by atoms with Crippen molar-refractivity contribution in [1.29, 1.82) is 0 Å². The van der Waals surface area contributed by atoms with E-state index in [1.54, 1.807) is 24.3 Å². The normalized spacial score (nSPS) is 10.6. The lowest BCUT2D eigenvalue weighted by Gasteiger charge is -2.09. The molecule has 0 aromatic heterocycles. The lowest BCUT2D eigenvalue weighted by molar-refractivity contribution is -0.120. The van der Waals surface area contributed by atoms with Gasteiger partial charge in [0.15, 0.2) is 11.5 Å². The van der Waals surface area contributed by atoms with Gasteiger partial charge in [-0.2, -0.15) is 5.10 Å². The van der Waals surface area contributed by atoms with E-state index in [1.807, 2.05) is 0 Å². The van der Waals surface area contributed by atoms with Crippen molar-refractivity contribution >= 4 is 41.2 Å². The van der Waals surface area contributed by atoms with Crippen LogP contribution in [0.2, 0.25) is 10.0 Å². The first-order valence-corrected chi connectivity index (χ1v) is 9.67. The zero-order valence-electron chi connectivity index (χ0n) is 16.2. The molecule has 0 atom stereocenters. The summed E-state index contributed by atoms with van der Waals surface area (Å²) < 4.78 is 5.14. The maximum absolute atomic E-state index is 12.0. The van der Waals surface area contributed by atoms with E-state index in [9.17, 15) is 14.7 Å². The summed E-state index contributed by atoms with van der Waals surface area (Å²) in [6.45, 7) is 3.77. The van der Waals surface area contributed by atoms with Gasteiger partial charge in [0, 0.05) is 24.1 Å². The van der Waals surface area contributed by atoms with Crippen LogP contribution in [0.25, 0.3) is 0 Å². The number of phenolic OH excluding ortho intramolecular Hbond substituents is 1. The number of ether oxygens (including phenoxy) is 1. The van der Waals surface area contributed by atoms with E-state index in [4.69, 9.17) is 27.9 Å². The third-order valence-electron chi connectivity index (χ3n) is 3.98. The Balaban J connectivity index is 1.86. The number of aromatic hydroxyl groups is 1. The number of hydrazone groups is 1. The molecule has 9 heteroatoms. The number of carbonyl (C=O) groups excluding carboxylic acids is 2. The van der Waals surface area contributed by atoms with Gasteiger partial charge in [-0.05, 0) is 42.3 Å². The number of nitrogens with zero attached hydrogens (tertiary/aromatic N) is 1. The highest BCUT2D eigenvalue weighted by Gasteiger charge is 2.10. The van der Waals surface area contributed by atoms with Crippen LogP contribution in [0.15, 0.2) is 48.1 Å². The summed E-state index contributed by atoms with van der Waals surface area (Å²) in [7, 11) is 1.45. The SMILES string of the molecule is C=CCc1cc(/C=N/NC(=O)CCNC(=O)c2ccc(Cl)c(Cl)c2)cc(OC)c1O. The number of nitrogens with one attached hydrogen (secondary N) is 2. The molecule has 3 N–H and O–H groups in total. The number of phenols is 1. The molecule has 2 rings (SSSR count). The molecule has 0 saturated carbocycles. The van der Waals surface area contributed by atoms with Crippen LogP contribution in [0.4, 0.5) is 0 Å². The second-order valence-electron chi connectivity index (χ2n) is 6.15. The molecule has 0 saturated heterocycles. The van der Waals surface area contributed by atoms with Gasteiger partial charge in [0.25, 0.3) is 5.91 Å². The minimum Gasteiger partial charge on any atom is -0.504 e. The fourth-order valence-corrected chi connectivity index (χ4v) is 2.79. The Morgan fingerprint density at radius 3 is 2.67 bits per heavy atom. The van der Waals surface area contributed by atoms with Crippen molar-refractivity contribution < 1.29 is 19.4 Å². The zero-order valence-corrected chi connectivity index (χ0v) is 17.8. The number of halogens is 2. The molecule has 0 aliphatic rings. The van der Waals surface area contributed by atoms with E-state index in [2.05, 4.69) is 22.4 Å². The summed E-state index contributed by atoms with van der Waals surface area (Å²) in [6.07, 6.45) is 3.57. The van der Waals surface area contributed by atoms with E-state index in [0.29, 0.717) is 33.9 Å². The maximum atomic E-state index is 12.0. The van der Waals surface area contributed by atoms with Crippen LogP contribution in [-0.2, 0) is 11.2 Å². The monoisotopic (exact) mass is 449 g/mol. The molecule has 30 heavy (non-hydrogen) atoms. The minimum absolute atomic E-state index is 0.0328. The highest BCUT2D eigenvalue weighted by molar-refractivity contribution is 6.42. The highest BCUT2D eigenvalue weighted by atomic mass is 35.5. The average molecular weight is 450 g/mol. The van der Waals surface area contributed by atoms with Crippen LogP contribution in [-0.4, -0.2) is 36.8 Å². The number of hydrogen-bond donors (Lipinski definition) is 3. The van der Waals surface area contributed by atoms with Gasteiger partial charge in [-0.15, -0.1) is 6.58 Å². The number of benzene rings is 2. The molecule has 0 radical (unpaired) electrons. The molecule has 0 unspecified atom stereocenters. The smallest absolute Gasteiger partial charge is 0.251 e. The molecule has 2 aromatic rings. The Kier molecular flexibility index (Phi) is 8.70. The van der Waals surface area contributed by atoms with Crippen LogP contribution in [0.3, 0.4) is 0 Å². The molecule has 0 bridgehead atoms. The lowest BCUT2D eigenvalue weighted by atomic mass is 10.1. The largest absolute Gasteiger partial charge is 0.504 e. The Bertz CT molecular complexity index is 977. The number of hydrogen-bond acceptors (Lipinski definition) is 5. The Morgan fingerprint density at radius 2 is 2.00 bits per heavy atom. The zero-order chi connectivity index (χ0) is 22.1. The highest BCUT2D eigenvalue weighted by Crippen LogP contribution is 2.31. The van der Waals surface area contributed by atoms with Gasteiger partial charge >= 0.3 is 0 Å². The molecule has 158 valence electrons. The Morgan fingerprint density at radius 1 is 1.23 bits per heavy atom. The van der Waals surface area contributed by atoms with E-state index in [1.165, 1.54) is 25.5 Å². The van der Waals surface area contributed by atoms with Gasteiger partial charge in [0.1, 0.15) is 0 Å². The first-order chi connectivity index (χ1) is 14.3. The van der Waals surface area contributed by atoms with Gasteiger partial charge in [0.2, 0.25) is 5.91 Å². The molecular formula is C21H21Cl2N3O4. The van der Waals surface area contributed by atoms with Crippen LogP contribution in [0, 0.1) is 0 Å². The van der Waals surface area contributed by atoms with E-state index >= 15 is 0 Å². The third-order valence-corrected chi connectivity index (χ3v) is 4.72. The predicted molar refractivity (Wildman–Crippen MR) is 118 cm³/mol. The molecule has 0 heterocycles. The van der Waals surface area contributed by atoms with Crippen molar-refractivity contribution in [2.45, 2.75) is 12.8 Å². The van der Waals surface area contributed by atoms with Crippen molar-refractivity contribution in [2.75, 3.05) is 13.7 Å². The van der Waals surface area contributed by atoms with Crippen molar-refractivity contribution in [3.8, 4) is 11.5 Å². The van der Waals surface area contributed by atoms with Crippen LogP contribution < -0.4 is 15.5 Å². The van der Waals surface area contributed by atoms with E-state index < -0.39 is 0 Å². The van der Waals surface area contributed by atoms with Gasteiger partial charge in [-0.1, -0.05) is 29.3 Å². The van der Waals surface area contributed by atoms with Crippen molar-refractivity contribution in [3.63, 3.8) is 0 Å². The Labute approximate surface area is 184 Å². The fourth-order valence-electron chi connectivity index (χ4n) is 2.49. The first-order valence-electron chi connectivity index (χ1n) is 8.91. The molecule has 7 nitrogen and oxygen atoms in total. The summed E-state index contributed by atoms with van der Waals surface area (Å²) in [4.78, 5) is 24.0. The third kappa shape index (κ3) is 6.50. The van der Waals surface area contributed by atoms with Crippen LogP contribution in [0.5, 0.6) is 11.5 Å². The second-order valence-corrected chi connectivity index (χ2v) is 6.97. The standard InChI is InChI=1S/C21H21Cl2N3O4/c1-3-4-14-9-13(10-18(30-2)20(14)28)12-25-26-19(27)7-8-24-21(29)15-5-6-16(22)17(23)11-15/h3,5-6,9-12,28H,1,4,7-8H2,2H3,(H,24,29)(H,26,27)/b25-12+. The number of carbonyl (C=O) groups is 2. The van der Waals surface area contributed by atoms with Crippen molar-refractivity contribution in [3.05, 3.63) is 69.7 Å². The summed E-state index contributed by atoms with van der Waals surface area (Å²) in [5, 5.41) is 17.2. The van der Waals surface area contributed by atoms with E-state index in [0.717, 1.165) is 0 Å². The summed E-state index contributed by atoms with van der Waals surface area (Å²) >= 11 is 11.7. The number of methoxy groups -OCH3 is 1. The van der Waals surface area contributed by atoms with Crippen LogP contribution >= 0.6 is 23.2 Å². The first kappa shape index (κ1) is 23.3. The second kappa shape index (κ2) is 11.2. The molecule has 0 aliphatic heterocycles. The summed E-state index contributed by atoms with van der Waals surface area (Å²) in [5.41, 5.74) is 3.99. The summed E-state index contributed by atoms with van der Waals surface area (Å²) in [5.74, 6) is -0.406. The van der Waals surface area contributed by atoms with Gasteiger partial charge < -0.3 is 15.2 Å². The van der Waals surface area contributed by atoms with Gasteiger partial charge in [-0.25, -0.2) is 5.43 Å². The Hall–Kier alpha value is -3.03. The molecule has 2 amide bonds. The predicted octanol–water partition coefficient (Wildman–Crippen LogP) is 3.71. The molecule has 0 spiro atoms. The van der Waals surface area contributed by atoms with Gasteiger partial charge in [0.05, 0.1) is 23.4 Å². The quantitative estimate of drug-likeness (QED) is 0.308. The average Bonchev–Trinajstić information content (AvgIpc) is 2.72. The van der Waals surface area contributed by atoms with Crippen molar-refractivity contribution in [2.24, 2.45) is 5.10 Å². The number of rotatable bonds is 9. The van der Waals surface area contributed by atoms with E-state index in [-0.39, 0.29) is 35.6 Å². The molecule has 0 aliphatic carbocycles. The molecule has 2 aromatic carbocycles. The lowest BCUT2D eigenvalue weighted by Crippen LogP contribution is -2.29. The number of allylic oxidation sites excluding steroid dienone is 1. The topological polar surface area (TPSA) is 100 Å². The fraction of sp³-hybridized carbons (Fsp3) is 0.190. The van der Waals surface area contributed by atoms with Gasteiger partial charge in [-0.3, -0.25) is 9.59 Å². The maximum Gasteiger partial charge on any atom is 0.251 e. The summed E-state index contributed by atoms with van der Waals surface area (Å²) in [6, 6.07) is 7.83. The minimum atomic E-state index is -0.377. The van der Waals surface area contributed by atoms with Crippen LogP contribution in [0.1, 0.15) is 27.9 Å². The molecule has 0 fully saturated rings. The number of amides is 2.